The van der Waals surface area contributed by atoms with E-state index in [0.29, 0.717) is 29.5 Å². The predicted octanol–water partition coefficient (Wildman–Crippen LogP) is 4.47. The predicted molar refractivity (Wildman–Crippen MR) is 122 cm³/mol. The highest BCUT2D eigenvalue weighted by molar-refractivity contribution is 7.91. The number of para-hydroxylation sites is 1. The lowest BCUT2D eigenvalue weighted by atomic mass is 9.89. The molecule has 1 atom stereocenters. The molecule has 7 nitrogen and oxygen atoms in total. The largest absolute Gasteiger partial charge is 0.497 e. The van der Waals surface area contributed by atoms with Crippen molar-refractivity contribution in [1.82, 2.24) is 0 Å². The molecule has 0 saturated heterocycles. The SMILES string of the molecule is CCOc1c(OC)cccc1C1CC(=O)Nc2c(S(=O)(=O)c3ccc(OC)cc3)csc21. The molecule has 168 valence electrons. The van der Waals surface area contributed by atoms with Gasteiger partial charge in [-0.1, -0.05) is 12.1 Å². The van der Waals surface area contributed by atoms with Gasteiger partial charge in [-0.25, -0.2) is 8.42 Å². The van der Waals surface area contributed by atoms with Crippen LogP contribution in [0, 0.1) is 0 Å². The number of ether oxygens (including phenoxy) is 3. The second kappa shape index (κ2) is 8.84. The molecule has 2 aromatic carbocycles. The summed E-state index contributed by atoms with van der Waals surface area (Å²) in [5, 5.41) is 4.37. The van der Waals surface area contributed by atoms with Crippen LogP contribution in [-0.2, 0) is 14.6 Å². The number of anilines is 1. The summed E-state index contributed by atoms with van der Waals surface area (Å²) < 4.78 is 43.1. The summed E-state index contributed by atoms with van der Waals surface area (Å²) in [6.07, 6.45) is 0.183. The van der Waals surface area contributed by atoms with E-state index in [9.17, 15) is 13.2 Å². The van der Waals surface area contributed by atoms with Crippen LogP contribution in [0.15, 0.2) is 57.6 Å². The fraction of sp³-hybridized carbons (Fsp3) is 0.261. The minimum atomic E-state index is -3.84. The molecule has 1 aliphatic heterocycles. The van der Waals surface area contributed by atoms with Gasteiger partial charge in [0.1, 0.15) is 10.6 Å². The number of carbonyl (C=O) groups is 1. The Morgan fingerprint density at radius 2 is 1.84 bits per heavy atom. The fourth-order valence-electron chi connectivity index (χ4n) is 3.80. The van der Waals surface area contributed by atoms with E-state index < -0.39 is 9.84 Å². The lowest BCUT2D eigenvalue weighted by Crippen LogP contribution is -2.24. The number of methoxy groups -OCH3 is 2. The smallest absolute Gasteiger partial charge is 0.225 e. The highest BCUT2D eigenvalue weighted by atomic mass is 32.2. The summed E-state index contributed by atoms with van der Waals surface area (Å²) in [6, 6.07) is 11.7. The minimum Gasteiger partial charge on any atom is -0.497 e. The zero-order valence-corrected chi connectivity index (χ0v) is 19.5. The number of benzene rings is 2. The first-order chi connectivity index (χ1) is 15.4. The Balaban J connectivity index is 1.82. The summed E-state index contributed by atoms with van der Waals surface area (Å²) in [6.45, 7) is 2.31. The zero-order valence-electron chi connectivity index (χ0n) is 17.9. The molecular weight excluding hydrogens is 450 g/mol. The average Bonchev–Trinajstić information content (AvgIpc) is 3.23. The van der Waals surface area contributed by atoms with Gasteiger partial charge in [0, 0.05) is 28.2 Å². The Morgan fingerprint density at radius 3 is 2.50 bits per heavy atom. The quantitative estimate of drug-likeness (QED) is 0.544. The molecule has 1 N–H and O–H groups in total. The van der Waals surface area contributed by atoms with Crippen LogP contribution in [0.2, 0.25) is 0 Å². The van der Waals surface area contributed by atoms with Crippen molar-refractivity contribution in [3.8, 4) is 17.2 Å². The van der Waals surface area contributed by atoms with E-state index in [1.54, 1.807) is 30.7 Å². The molecule has 1 amide bonds. The van der Waals surface area contributed by atoms with Crippen LogP contribution in [0.1, 0.15) is 29.7 Å². The van der Waals surface area contributed by atoms with E-state index in [1.807, 2.05) is 19.1 Å². The van der Waals surface area contributed by atoms with Gasteiger partial charge in [-0.05, 0) is 37.3 Å². The third-order valence-electron chi connectivity index (χ3n) is 5.31. The highest BCUT2D eigenvalue weighted by Gasteiger charge is 2.36. The van der Waals surface area contributed by atoms with E-state index >= 15 is 0 Å². The van der Waals surface area contributed by atoms with E-state index in [-0.39, 0.29) is 28.0 Å². The van der Waals surface area contributed by atoms with Crippen molar-refractivity contribution in [2.24, 2.45) is 0 Å². The second-order valence-corrected chi connectivity index (χ2v) is 9.96. The number of amides is 1. The molecule has 4 rings (SSSR count). The normalized spacial score (nSPS) is 15.6. The molecule has 9 heteroatoms. The number of thiophene rings is 1. The first-order valence-corrected chi connectivity index (χ1v) is 12.4. The molecular formula is C23H23NO6S2. The molecule has 0 radical (unpaired) electrons. The van der Waals surface area contributed by atoms with Gasteiger partial charge in [0.2, 0.25) is 15.7 Å². The number of rotatable bonds is 7. The molecule has 0 spiro atoms. The second-order valence-electron chi connectivity index (χ2n) is 7.13. The standard InChI is InChI=1S/C23H23NO6S2/c1-4-30-22-16(6-5-7-18(22)29-3)17-12-20(25)24-21-19(13-31-23(17)21)32(26,27)15-10-8-14(28-2)9-11-15/h5-11,13,17H,4,12H2,1-3H3,(H,24,25). The monoisotopic (exact) mass is 473 g/mol. The Hall–Kier alpha value is -3.04. The van der Waals surface area contributed by atoms with E-state index in [1.165, 1.54) is 30.6 Å². The zero-order chi connectivity index (χ0) is 22.9. The molecule has 0 fully saturated rings. The minimum absolute atomic E-state index is 0.0848. The summed E-state index contributed by atoms with van der Waals surface area (Å²) in [7, 11) is -0.762. The summed E-state index contributed by atoms with van der Waals surface area (Å²) in [4.78, 5) is 13.6. The van der Waals surface area contributed by atoms with Gasteiger partial charge >= 0.3 is 0 Å². The van der Waals surface area contributed by atoms with Crippen molar-refractivity contribution in [3.05, 3.63) is 58.3 Å². The van der Waals surface area contributed by atoms with Crippen molar-refractivity contribution in [3.63, 3.8) is 0 Å². The van der Waals surface area contributed by atoms with E-state index in [2.05, 4.69) is 5.32 Å². The first-order valence-electron chi connectivity index (χ1n) is 10.0. The van der Waals surface area contributed by atoms with Crippen molar-refractivity contribution in [1.29, 1.82) is 0 Å². The molecule has 2 heterocycles. The average molecular weight is 474 g/mol. The van der Waals surface area contributed by atoms with Crippen LogP contribution < -0.4 is 19.5 Å². The van der Waals surface area contributed by atoms with Crippen LogP contribution in [-0.4, -0.2) is 35.2 Å². The van der Waals surface area contributed by atoms with Gasteiger partial charge in [0.25, 0.3) is 0 Å². The number of fused-ring (bicyclic) bond motifs is 1. The summed E-state index contributed by atoms with van der Waals surface area (Å²) in [5.74, 6) is 1.10. The number of hydrogen-bond donors (Lipinski definition) is 1. The fourth-order valence-corrected chi connectivity index (χ4v) is 6.70. The number of carbonyl (C=O) groups excluding carboxylic acids is 1. The van der Waals surface area contributed by atoms with Crippen molar-refractivity contribution in [2.75, 3.05) is 26.1 Å². The number of hydrogen-bond acceptors (Lipinski definition) is 7. The van der Waals surface area contributed by atoms with Crippen LogP contribution >= 0.6 is 11.3 Å². The third kappa shape index (κ3) is 3.82. The molecule has 1 aromatic heterocycles. The van der Waals surface area contributed by atoms with Crippen LogP contribution in [0.3, 0.4) is 0 Å². The van der Waals surface area contributed by atoms with Gasteiger partial charge in [0.15, 0.2) is 11.5 Å². The van der Waals surface area contributed by atoms with Crippen molar-refractivity contribution >= 4 is 32.8 Å². The molecule has 1 aliphatic rings. The maximum absolute atomic E-state index is 13.4. The van der Waals surface area contributed by atoms with Gasteiger partial charge in [-0.3, -0.25) is 4.79 Å². The molecule has 3 aromatic rings. The van der Waals surface area contributed by atoms with Crippen molar-refractivity contribution < 1.29 is 27.4 Å². The molecule has 32 heavy (non-hydrogen) atoms. The molecule has 0 saturated carbocycles. The summed E-state index contributed by atoms with van der Waals surface area (Å²) >= 11 is 1.31. The third-order valence-corrected chi connectivity index (χ3v) is 8.35. The van der Waals surface area contributed by atoms with Gasteiger partial charge in [-0.2, -0.15) is 0 Å². The summed E-state index contributed by atoms with van der Waals surface area (Å²) in [5.41, 5.74) is 1.12. The Kier molecular flexibility index (Phi) is 6.12. The maximum Gasteiger partial charge on any atom is 0.225 e. The highest BCUT2D eigenvalue weighted by Crippen LogP contribution is 2.49. The van der Waals surface area contributed by atoms with Gasteiger partial charge in [0.05, 0.1) is 31.4 Å². The Morgan fingerprint density at radius 1 is 1.09 bits per heavy atom. The topological polar surface area (TPSA) is 90.9 Å². The van der Waals surface area contributed by atoms with E-state index in [4.69, 9.17) is 14.2 Å². The van der Waals surface area contributed by atoms with Crippen LogP contribution in [0.25, 0.3) is 0 Å². The van der Waals surface area contributed by atoms with Crippen LogP contribution in [0.4, 0.5) is 5.69 Å². The first kappa shape index (κ1) is 22.2. The van der Waals surface area contributed by atoms with Crippen LogP contribution in [0.5, 0.6) is 17.2 Å². The van der Waals surface area contributed by atoms with E-state index in [0.717, 1.165) is 10.4 Å². The lowest BCUT2D eigenvalue weighted by molar-refractivity contribution is -0.116. The Labute approximate surface area is 190 Å². The number of sulfone groups is 1. The van der Waals surface area contributed by atoms with Gasteiger partial charge < -0.3 is 19.5 Å². The number of nitrogens with one attached hydrogen (secondary N) is 1. The molecule has 0 aliphatic carbocycles. The lowest BCUT2D eigenvalue weighted by Gasteiger charge is -2.26. The van der Waals surface area contributed by atoms with Crippen molar-refractivity contribution in [2.45, 2.75) is 29.1 Å². The molecule has 1 unspecified atom stereocenters. The maximum atomic E-state index is 13.4. The Bertz CT molecular complexity index is 1250. The van der Waals surface area contributed by atoms with Gasteiger partial charge in [-0.15, -0.1) is 11.3 Å². The molecule has 0 bridgehead atoms.